The molecule has 0 bridgehead atoms. The number of aromatic nitrogens is 2. The lowest BCUT2D eigenvalue weighted by molar-refractivity contribution is -0.0443. The molecule has 6 heteroatoms. The Labute approximate surface area is 127 Å². The van der Waals surface area contributed by atoms with E-state index in [1.165, 1.54) is 0 Å². The highest BCUT2D eigenvalue weighted by molar-refractivity contribution is 5.47. The first-order chi connectivity index (χ1) is 9.93. The van der Waals surface area contributed by atoms with Crippen LogP contribution in [0.1, 0.15) is 56.8 Å². The molecule has 1 aliphatic heterocycles. The van der Waals surface area contributed by atoms with Crippen LogP contribution >= 0.6 is 0 Å². The average Bonchev–Trinajstić information content (AvgIpc) is 2.45. The molecule has 1 atom stereocenters. The van der Waals surface area contributed by atoms with Crippen molar-refractivity contribution in [3.05, 3.63) is 17.1 Å². The van der Waals surface area contributed by atoms with Crippen LogP contribution in [-0.4, -0.2) is 40.6 Å². The largest absolute Gasteiger partial charge is 0.368 e. The van der Waals surface area contributed by atoms with E-state index >= 15 is 0 Å². The number of hydrazine groups is 1. The Kier molecular flexibility index (Phi) is 5.13. The molecule has 1 aliphatic rings. The number of anilines is 1. The summed E-state index contributed by atoms with van der Waals surface area (Å²) in [7, 11) is 0. The zero-order chi connectivity index (χ0) is 15.6. The number of nitrogen functional groups attached to an aromatic ring is 1. The minimum Gasteiger partial charge on any atom is -0.368 e. The molecule has 0 spiro atoms. The lowest BCUT2D eigenvalue weighted by atomic mass is 10.0. The van der Waals surface area contributed by atoms with E-state index in [9.17, 15) is 0 Å². The highest BCUT2D eigenvalue weighted by atomic mass is 16.5. The predicted octanol–water partition coefficient (Wildman–Crippen LogP) is 1.98. The van der Waals surface area contributed by atoms with Gasteiger partial charge in [0.1, 0.15) is 11.9 Å². The minimum absolute atomic E-state index is 0.0897. The molecule has 0 radical (unpaired) electrons. The second-order valence-corrected chi connectivity index (χ2v) is 6.18. The molecule has 118 valence electrons. The van der Waals surface area contributed by atoms with Crippen molar-refractivity contribution in [2.45, 2.75) is 52.7 Å². The highest BCUT2D eigenvalue weighted by Crippen LogP contribution is 2.28. The number of nitrogens with two attached hydrogens (primary N) is 1. The summed E-state index contributed by atoms with van der Waals surface area (Å²) >= 11 is 0. The Morgan fingerprint density at radius 1 is 1.29 bits per heavy atom. The van der Waals surface area contributed by atoms with Crippen LogP contribution in [0.15, 0.2) is 0 Å². The van der Waals surface area contributed by atoms with Gasteiger partial charge >= 0.3 is 0 Å². The first-order valence-corrected chi connectivity index (χ1v) is 7.64. The number of hydrogen-bond acceptors (Lipinski definition) is 6. The fourth-order valence-corrected chi connectivity index (χ4v) is 2.84. The van der Waals surface area contributed by atoms with Crippen LogP contribution in [0.5, 0.6) is 0 Å². The van der Waals surface area contributed by atoms with Crippen molar-refractivity contribution in [2.24, 2.45) is 5.84 Å². The molecule has 2 rings (SSSR count). The number of morpholine rings is 1. The first-order valence-electron chi connectivity index (χ1n) is 7.64. The van der Waals surface area contributed by atoms with Gasteiger partial charge in [-0.05, 0) is 26.7 Å². The summed E-state index contributed by atoms with van der Waals surface area (Å²) in [6.45, 7) is 13.1. The third-order valence-electron chi connectivity index (χ3n) is 3.98. The van der Waals surface area contributed by atoms with Crippen molar-refractivity contribution >= 4 is 5.82 Å². The van der Waals surface area contributed by atoms with Gasteiger partial charge in [0.15, 0.2) is 5.82 Å². The normalized spacial score (nSPS) is 20.3. The van der Waals surface area contributed by atoms with Crippen molar-refractivity contribution in [3.63, 3.8) is 0 Å². The van der Waals surface area contributed by atoms with Crippen molar-refractivity contribution < 1.29 is 4.74 Å². The summed E-state index contributed by atoms with van der Waals surface area (Å²) < 4.78 is 5.86. The number of ether oxygens (including phenoxy) is 1. The lowest BCUT2D eigenvalue weighted by Crippen LogP contribution is -2.42. The molecule has 0 aliphatic carbocycles. The summed E-state index contributed by atoms with van der Waals surface area (Å²) in [6.07, 6.45) is -0.0897. The van der Waals surface area contributed by atoms with E-state index in [1.54, 1.807) is 0 Å². The maximum atomic E-state index is 5.86. The van der Waals surface area contributed by atoms with Crippen molar-refractivity contribution in [1.29, 1.82) is 0 Å². The Morgan fingerprint density at radius 2 is 2.00 bits per heavy atom. The standard InChI is InChI=1S/C15H27N5O/c1-9(2)13-11(5)17-14(18-15(13)19-16)12-8-20(10(3)4)6-7-21-12/h9-10,12H,6-8,16H2,1-5H3,(H,17,18,19). The molecule has 1 unspecified atom stereocenters. The number of hydrogen-bond donors (Lipinski definition) is 2. The Hall–Kier alpha value is -1.24. The fraction of sp³-hybridized carbons (Fsp3) is 0.733. The SMILES string of the molecule is Cc1nc(C2CN(C(C)C)CCO2)nc(NN)c1C(C)C. The van der Waals surface area contributed by atoms with Gasteiger partial charge in [0.25, 0.3) is 0 Å². The molecule has 2 heterocycles. The van der Waals surface area contributed by atoms with E-state index < -0.39 is 0 Å². The summed E-state index contributed by atoms with van der Waals surface area (Å²) in [5.74, 6) is 7.39. The van der Waals surface area contributed by atoms with Gasteiger partial charge in [-0.3, -0.25) is 4.90 Å². The van der Waals surface area contributed by atoms with Crippen LogP contribution in [0.2, 0.25) is 0 Å². The van der Waals surface area contributed by atoms with E-state index in [4.69, 9.17) is 10.6 Å². The van der Waals surface area contributed by atoms with Crippen LogP contribution < -0.4 is 11.3 Å². The van der Waals surface area contributed by atoms with E-state index in [1.807, 2.05) is 6.92 Å². The second kappa shape index (κ2) is 6.68. The summed E-state index contributed by atoms with van der Waals surface area (Å²) in [5.41, 5.74) is 4.74. The van der Waals surface area contributed by atoms with Gasteiger partial charge < -0.3 is 10.2 Å². The van der Waals surface area contributed by atoms with E-state index in [0.717, 1.165) is 30.2 Å². The van der Waals surface area contributed by atoms with Crippen LogP contribution in [0, 0.1) is 6.92 Å². The molecule has 0 amide bonds. The van der Waals surface area contributed by atoms with Gasteiger partial charge in [-0.1, -0.05) is 13.8 Å². The summed E-state index contributed by atoms with van der Waals surface area (Å²) in [5, 5.41) is 0. The first kappa shape index (κ1) is 16.1. The molecule has 0 aromatic carbocycles. The molecule has 3 N–H and O–H groups in total. The zero-order valence-corrected chi connectivity index (χ0v) is 13.7. The van der Waals surface area contributed by atoms with Gasteiger partial charge in [-0.15, -0.1) is 0 Å². The third-order valence-corrected chi connectivity index (χ3v) is 3.98. The third kappa shape index (κ3) is 3.51. The fourth-order valence-electron chi connectivity index (χ4n) is 2.84. The van der Waals surface area contributed by atoms with E-state index in [-0.39, 0.29) is 6.10 Å². The molecular formula is C15H27N5O. The van der Waals surface area contributed by atoms with Crippen molar-refractivity contribution in [1.82, 2.24) is 14.9 Å². The monoisotopic (exact) mass is 293 g/mol. The van der Waals surface area contributed by atoms with Crippen LogP contribution in [0.4, 0.5) is 5.82 Å². The van der Waals surface area contributed by atoms with E-state index in [0.29, 0.717) is 24.4 Å². The predicted molar refractivity (Wildman–Crippen MR) is 84.1 cm³/mol. The smallest absolute Gasteiger partial charge is 0.161 e. The molecule has 21 heavy (non-hydrogen) atoms. The molecular weight excluding hydrogens is 266 g/mol. The van der Waals surface area contributed by atoms with Crippen LogP contribution in [0.25, 0.3) is 0 Å². The second-order valence-electron chi connectivity index (χ2n) is 6.18. The van der Waals surface area contributed by atoms with Gasteiger partial charge in [-0.2, -0.15) is 0 Å². The zero-order valence-electron chi connectivity index (χ0n) is 13.7. The van der Waals surface area contributed by atoms with Crippen LogP contribution in [0.3, 0.4) is 0 Å². The summed E-state index contributed by atoms with van der Waals surface area (Å²) in [6, 6.07) is 0.500. The molecule has 0 saturated carbocycles. The average molecular weight is 293 g/mol. The Balaban J connectivity index is 2.30. The number of nitrogens with zero attached hydrogens (tertiary/aromatic N) is 3. The van der Waals surface area contributed by atoms with Gasteiger partial charge in [0, 0.05) is 30.4 Å². The maximum absolute atomic E-state index is 5.86. The van der Waals surface area contributed by atoms with Crippen molar-refractivity contribution in [3.8, 4) is 0 Å². The number of nitrogens with one attached hydrogen (secondary N) is 1. The number of aryl methyl sites for hydroxylation is 1. The Morgan fingerprint density at radius 3 is 2.57 bits per heavy atom. The quantitative estimate of drug-likeness (QED) is 0.653. The van der Waals surface area contributed by atoms with Gasteiger partial charge in [0.2, 0.25) is 0 Å². The Bertz CT molecular complexity index is 489. The van der Waals surface area contributed by atoms with Crippen LogP contribution in [-0.2, 0) is 4.74 Å². The topological polar surface area (TPSA) is 76.3 Å². The van der Waals surface area contributed by atoms with Crippen molar-refractivity contribution in [2.75, 3.05) is 25.1 Å². The highest BCUT2D eigenvalue weighted by Gasteiger charge is 2.27. The van der Waals surface area contributed by atoms with E-state index in [2.05, 4.69) is 48.0 Å². The summed E-state index contributed by atoms with van der Waals surface area (Å²) in [4.78, 5) is 11.6. The molecule has 1 saturated heterocycles. The number of rotatable bonds is 4. The van der Waals surface area contributed by atoms with Gasteiger partial charge in [-0.25, -0.2) is 15.8 Å². The minimum atomic E-state index is -0.0897. The molecule has 1 aromatic rings. The molecule has 1 fully saturated rings. The lowest BCUT2D eigenvalue weighted by Gasteiger charge is -2.35. The van der Waals surface area contributed by atoms with Gasteiger partial charge in [0.05, 0.1) is 6.61 Å². The molecule has 1 aromatic heterocycles. The molecule has 6 nitrogen and oxygen atoms in total. The maximum Gasteiger partial charge on any atom is 0.161 e.